The molecule has 0 aliphatic carbocycles. The molecule has 78 valence electrons. The quantitative estimate of drug-likeness (QED) is 0.405. The van der Waals surface area contributed by atoms with Crippen LogP contribution in [0.4, 0.5) is 0 Å². The summed E-state index contributed by atoms with van der Waals surface area (Å²) in [6.07, 6.45) is 5.86. The number of unbranched alkanes of at least 4 members (excludes halogenated alkanes) is 4. The second kappa shape index (κ2) is 10.2. The molecule has 13 heavy (non-hydrogen) atoms. The molecule has 0 aromatic heterocycles. The molecule has 0 aromatic rings. The number of alkyl halides is 1. The average molecular weight is 298 g/mol. The largest absolute Gasteiger partial charge is 0.355 e. The minimum Gasteiger partial charge on any atom is -0.355 e. The molecular formula is C9H19IN2O. The number of hydrogen-bond acceptors (Lipinski definition) is 2. The summed E-state index contributed by atoms with van der Waals surface area (Å²) in [5, 5.41) is 2.85. The first-order chi connectivity index (χ1) is 6.31. The Kier molecular flexibility index (Phi) is 10.4. The first-order valence-electron chi connectivity index (χ1n) is 4.84. The number of nitrogens with two attached hydrogens (primary N) is 1. The summed E-state index contributed by atoms with van der Waals surface area (Å²) in [6.45, 7) is 1.62. The Morgan fingerprint density at radius 3 is 2.38 bits per heavy atom. The molecule has 0 spiro atoms. The van der Waals surface area contributed by atoms with E-state index in [4.69, 9.17) is 5.73 Å². The van der Waals surface area contributed by atoms with E-state index in [0.717, 1.165) is 25.9 Å². The average Bonchev–Trinajstić information content (AvgIpc) is 2.16. The fourth-order valence-electron chi connectivity index (χ4n) is 1.07. The Bertz CT molecular complexity index is 131. The number of rotatable bonds is 8. The Balaban J connectivity index is 2.95. The zero-order valence-corrected chi connectivity index (χ0v) is 10.2. The van der Waals surface area contributed by atoms with Crippen LogP contribution in [0.1, 0.15) is 32.1 Å². The third kappa shape index (κ3) is 10.1. The molecule has 0 rings (SSSR count). The highest BCUT2D eigenvalue weighted by atomic mass is 127. The third-order valence-corrected chi connectivity index (χ3v) is 2.52. The second-order valence-corrected chi connectivity index (χ2v) is 3.80. The fourth-order valence-corrected chi connectivity index (χ4v) is 1.34. The summed E-state index contributed by atoms with van der Waals surface area (Å²) in [6, 6.07) is 0. The lowest BCUT2D eigenvalue weighted by atomic mass is 10.1. The van der Waals surface area contributed by atoms with Crippen molar-refractivity contribution >= 4 is 28.5 Å². The van der Waals surface area contributed by atoms with Crippen LogP contribution in [-0.2, 0) is 4.79 Å². The summed E-state index contributed by atoms with van der Waals surface area (Å²) in [7, 11) is 0. The Morgan fingerprint density at radius 1 is 1.15 bits per heavy atom. The maximum absolute atomic E-state index is 10.8. The highest BCUT2D eigenvalue weighted by Crippen LogP contribution is 2.00. The van der Waals surface area contributed by atoms with Gasteiger partial charge >= 0.3 is 0 Å². The summed E-state index contributed by atoms with van der Waals surface area (Å²) < 4.78 is 0.560. The monoisotopic (exact) mass is 298 g/mol. The van der Waals surface area contributed by atoms with Crippen molar-refractivity contribution in [1.82, 2.24) is 5.32 Å². The summed E-state index contributed by atoms with van der Waals surface area (Å²) in [4.78, 5) is 10.8. The molecule has 0 aromatic carbocycles. The van der Waals surface area contributed by atoms with Crippen molar-refractivity contribution in [1.29, 1.82) is 0 Å². The first-order valence-corrected chi connectivity index (χ1v) is 6.36. The zero-order valence-electron chi connectivity index (χ0n) is 8.02. The molecule has 4 heteroatoms. The smallest absolute Gasteiger partial charge is 0.229 e. The van der Waals surface area contributed by atoms with E-state index in [9.17, 15) is 4.79 Å². The van der Waals surface area contributed by atoms with E-state index in [1.54, 1.807) is 0 Å². The van der Waals surface area contributed by atoms with E-state index in [-0.39, 0.29) is 5.91 Å². The van der Waals surface area contributed by atoms with Crippen molar-refractivity contribution < 1.29 is 4.79 Å². The maximum atomic E-state index is 10.8. The van der Waals surface area contributed by atoms with Gasteiger partial charge in [0.1, 0.15) is 0 Å². The van der Waals surface area contributed by atoms with Crippen LogP contribution in [0.25, 0.3) is 0 Å². The number of carbonyl (C=O) groups excluding carboxylic acids is 1. The second-order valence-electron chi connectivity index (χ2n) is 3.04. The van der Waals surface area contributed by atoms with Crippen molar-refractivity contribution in [3.8, 4) is 0 Å². The van der Waals surface area contributed by atoms with Gasteiger partial charge in [-0.15, -0.1) is 0 Å². The highest BCUT2D eigenvalue weighted by molar-refractivity contribution is 14.1. The Labute approximate surface area is 94.0 Å². The van der Waals surface area contributed by atoms with E-state index in [0.29, 0.717) is 4.43 Å². The molecule has 0 saturated heterocycles. The molecular weight excluding hydrogens is 279 g/mol. The highest BCUT2D eigenvalue weighted by Gasteiger charge is 1.95. The van der Waals surface area contributed by atoms with Gasteiger partial charge in [0.2, 0.25) is 5.91 Å². The molecule has 0 heterocycles. The molecule has 0 saturated carbocycles. The van der Waals surface area contributed by atoms with Gasteiger partial charge in [-0.05, 0) is 19.4 Å². The van der Waals surface area contributed by atoms with E-state index >= 15 is 0 Å². The SMILES string of the molecule is NCCCCCCCNC(=O)CI. The van der Waals surface area contributed by atoms with Crippen LogP contribution in [0.2, 0.25) is 0 Å². The van der Waals surface area contributed by atoms with Crippen molar-refractivity contribution in [3.05, 3.63) is 0 Å². The molecule has 3 N–H and O–H groups in total. The van der Waals surface area contributed by atoms with Gasteiger partial charge in [-0.3, -0.25) is 4.79 Å². The molecule has 0 radical (unpaired) electrons. The third-order valence-electron chi connectivity index (χ3n) is 1.82. The minimum absolute atomic E-state index is 0.141. The number of hydrogen-bond donors (Lipinski definition) is 2. The lowest BCUT2D eigenvalue weighted by molar-refractivity contribution is -0.118. The molecule has 0 aliphatic heterocycles. The molecule has 0 aliphatic rings. The predicted molar refractivity (Wildman–Crippen MR) is 64.0 cm³/mol. The number of nitrogens with one attached hydrogen (secondary N) is 1. The minimum atomic E-state index is 0.141. The van der Waals surface area contributed by atoms with Gasteiger partial charge < -0.3 is 11.1 Å². The van der Waals surface area contributed by atoms with Crippen LogP contribution in [-0.4, -0.2) is 23.4 Å². The number of halogens is 1. The van der Waals surface area contributed by atoms with Crippen LogP contribution >= 0.6 is 22.6 Å². The van der Waals surface area contributed by atoms with Crippen molar-refractivity contribution in [2.45, 2.75) is 32.1 Å². The van der Waals surface area contributed by atoms with Crippen LogP contribution in [0.3, 0.4) is 0 Å². The van der Waals surface area contributed by atoms with Crippen molar-refractivity contribution in [3.63, 3.8) is 0 Å². The molecule has 3 nitrogen and oxygen atoms in total. The van der Waals surface area contributed by atoms with Gasteiger partial charge in [0, 0.05) is 6.54 Å². The number of amides is 1. The van der Waals surface area contributed by atoms with Gasteiger partial charge in [0.25, 0.3) is 0 Å². The van der Waals surface area contributed by atoms with Crippen molar-refractivity contribution in [2.75, 3.05) is 17.5 Å². The van der Waals surface area contributed by atoms with Gasteiger partial charge in [-0.1, -0.05) is 41.9 Å². The fraction of sp³-hybridized carbons (Fsp3) is 0.889. The van der Waals surface area contributed by atoms with E-state index in [1.807, 2.05) is 0 Å². The predicted octanol–water partition coefficient (Wildman–Crippen LogP) is 1.45. The Morgan fingerprint density at radius 2 is 1.77 bits per heavy atom. The molecule has 0 atom stereocenters. The molecule has 1 amide bonds. The lowest BCUT2D eigenvalue weighted by Crippen LogP contribution is -2.25. The molecule has 0 bridgehead atoms. The van der Waals surface area contributed by atoms with Crippen molar-refractivity contribution in [2.24, 2.45) is 5.73 Å². The van der Waals surface area contributed by atoms with Crippen LogP contribution in [0, 0.1) is 0 Å². The topological polar surface area (TPSA) is 55.1 Å². The standard InChI is InChI=1S/C9H19IN2O/c10-8-9(13)12-7-5-3-1-2-4-6-11/h1-8,11H2,(H,12,13). The summed E-state index contributed by atoms with van der Waals surface area (Å²) >= 11 is 2.07. The van der Waals surface area contributed by atoms with E-state index in [2.05, 4.69) is 27.9 Å². The van der Waals surface area contributed by atoms with Crippen LogP contribution in [0.5, 0.6) is 0 Å². The summed E-state index contributed by atoms with van der Waals surface area (Å²) in [5.74, 6) is 0.141. The summed E-state index contributed by atoms with van der Waals surface area (Å²) in [5.41, 5.74) is 5.37. The first kappa shape index (κ1) is 13.2. The van der Waals surface area contributed by atoms with Crippen LogP contribution < -0.4 is 11.1 Å². The van der Waals surface area contributed by atoms with Gasteiger partial charge in [-0.25, -0.2) is 0 Å². The van der Waals surface area contributed by atoms with Gasteiger partial charge in [0.15, 0.2) is 0 Å². The lowest BCUT2D eigenvalue weighted by Gasteiger charge is -2.02. The zero-order chi connectivity index (χ0) is 9.94. The number of carbonyl (C=O) groups is 1. The normalized spacial score (nSPS) is 10.0. The van der Waals surface area contributed by atoms with Crippen LogP contribution in [0.15, 0.2) is 0 Å². The maximum Gasteiger partial charge on any atom is 0.229 e. The van der Waals surface area contributed by atoms with E-state index in [1.165, 1.54) is 19.3 Å². The molecule has 0 fully saturated rings. The molecule has 0 unspecified atom stereocenters. The van der Waals surface area contributed by atoms with Gasteiger partial charge in [-0.2, -0.15) is 0 Å². The van der Waals surface area contributed by atoms with E-state index < -0.39 is 0 Å². The Hall–Kier alpha value is 0.160. The van der Waals surface area contributed by atoms with Gasteiger partial charge in [0.05, 0.1) is 4.43 Å².